The van der Waals surface area contributed by atoms with Crippen molar-refractivity contribution in [2.45, 2.75) is 42.8 Å². The summed E-state index contributed by atoms with van der Waals surface area (Å²) in [5.41, 5.74) is 6.60. The number of oxime groups is 1. The van der Waals surface area contributed by atoms with Crippen LogP contribution in [0.4, 0.5) is 5.13 Å². The van der Waals surface area contributed by atoms with Crippen molar-refractivity contribution in [2.24, 2.45) is 11.0 Å². The van der Waals surface area contributed by atoms with Crippen molar-refractivity contribution in [1.82, 2.24) is 35.2 Å². The molecule has 2 aliphatic rings. The Kier molecular flexibility index (Phi) is 8.93. The first-order valence-electron chi connectivity index (χ1n) is 13.1. The van der Waals surface area contributed by atoms with Gasteiger partial charge in [-0.3, -0.25) is 24.7 Å². The van der Waals surface area contributed by atoms with Crippen LogP contribution in [0.5, 0.6) is 0 Å². The molecule has 3 aromatic rings. The number of amides is 3. The molecule has 8 N–H and O–H groups in total. The maximum Gasteiger partial charge on any atom is 0.352 e. The van der Waals surface area contributed by atoms with E-state index in [0.717, 1.165) is 16.2 Å². The first-order valence-corrected chi connectivity index (χ1v) is 16.1. The summed E-state index contributed by atoms with van der Waals surface area (Å²) in [4.78, 5) is 77.4. The lowest BCUT2D eigenvalue weighted by atomic mass is 10.0. The van der Waals surface area contributed by atoms with Crippen LogP contribution in [0.1, 0.15) is 35.6 Å². The number of carbonyl (C=O) groups is 5. The Bertz CT molecular complexity index is 1850. The van der Waals surface area contributed by atoms with Crippen molar-refractivity contribution in [1.29, 1.82) is 0 Å². The van der Waals surface area contributed by atoms with E-state index in [1.54, 1.807) is 13.0 Å². The van der Waals surface area contributed by atoms with Gasteiger partial charge in [0.25, 0.3) is 17.7 Å². The molecule has 46 heavy (non-hydrogen) atoms. The van der Waals surface area contributed by atoms with E-state index in [-0.39, 0.29) is 45.0 Å². The maximum atomic E-state index is 13.4. The van der Waals surface area contributed by atoms with E-state index in [4.69, 9.17) is 16.4 Å². The van der Waals surface area contributed by atoms with E-state index < -0.39 is 46.7 Å². The van der Waals surface area contributed by atoms with E-state index in [1.807, 2.05) is 5.43 Å². The van der Waals surface area contributed by atoms with Gasteiger partial charge in [-0.15, -0.1) is 34.9 Å². The molecule has 5 heterocycles. The minimum absolute atomic E-state index is 0.0300. The number of nitrogens with two attached hydrogens (primary N) is 2. The highest BCUT2D eigenvalue weighted by Gasteiger charge is 2.54. The molecular formula is C25H26N10O8S3. The summed E-state index contributed by atoms with van der Waals surface area (Å²) in [6.07, 6.45) is 1.19. The number of fused-ring (bicyclic) bond motifs is 2. The number of aliphatic carboxylic acids is 1. The molecule has 242 valence electrons. The van der Waals surface area contributed by atoms with Crippen LogP contribution in [0.25, 0.3) is 5.65 Å². The number of aryl methyl sites for hydroxylation is 1. The van der Waals surface area contributed by atoms with Gasteiger partial charge in [-0.05, 0) is 32.4 Å². The van der Waals surface area contributed by atoms with Crippen LogP contribution in [0.15, 0.2) is 39.1 Å². The molecule has 3 aromatic heterocycles. The molecule has 0 spiro atoms. The van der Waals surface area contributed by atoms with Crippen molar-refractivity contribution in [3.63, 3.8) is 0 Å². The molecule has 0 aromatic carbocycles. The van der Waals surface area contributed by atoms with E-state index in [1.165, 1.54) is 53.5 Å². The highest BCUT2D eigenvalue weighted by atomic mass is 32.2. The zero-order valence-electron chi connectivity index (χ0n) is 24.2. The summed E-state index contributed by atoms with van der Waals surface area (Å²) in [6.45, 7) is 4.43. The number of β-lactam (4-membered cyclic amide) rings is 1. The number of hydrogen-bond acceptors (Lipinski definition) is 15. The minimum Gasteiger partial charge on any atom is -0.477 e. The molecule has 0 bridgehead atoms. The van der Waals surface area contributed by atoms with Crippen molar-refractivity contribution in [3.8, 4) is 0 Å². The number of thioether (sulfide) groups is 2. The summed E-state index contributed by atoms with van der Waals surface area (Å²) < 4.78 is 1.36. The molecule has 5 rings (SSSR count). The summed E-state index contributed by atoms with van der Waals surface area (Å²) in [5.74, 6) is 0.793. The van der Waals surface area contributed by atoms with Gasteiger partial charge in [-0.1, -0.05) is 5.16 Å². The molecule has 2 aliphatic heterocycles. The number of carbonyl (C=O) groups excluding carboxylic acids is 3. The van der Waals surface area contributed by atoms with Gasteiger partial charge >= 0.3 is 11.9 Å². The fourth-order valence-corrected chi connectivity index (χ4v) is 7.54. The van der Waals surface area contributed by atoms with Gasteiger partial charge in [0.1, 0.15) is 33.4 Å². The number of nitrogen functional groups attached to an aromatic ring is 1. The second-order valence-corrected chi connectivity index (χ2v) is 13.3. The van der Waals surface area contributed by atoms with Crippen LogP contribution in [-0.4, -0.2) is 98.6 Å². The van der Waals surface area contributed by atoms with Crippen LogP contribution < -0.4 is 22.3 Å². The number of nitrogens with one attached hydrogen (secondary N) is 2. The average molecular weight is 691 g/mol. The number of hydrogen-bond donors (Lipinski definition) is 6. The smallest absolute Gasteiger partial charge is 0.352 e. The van der Waals surface area contributed by atoms with Crippen molar-refractivity contribution >= 4 is 81.0 Å². The highest BCUT2D eigenvalue weighted by Crippen LogP contribution is 2.41. The summed E-state index contributed by atoms with van der Waals surface area (Å²) >= 11 is 3.49. The number of carboxylic acids is 2. The predicted octanol–water partition coefficient (Wildman–Crippen LogP) is -0.205. The van der Waals surface area contributed by atoms with Crippen molar-refractivity contribution in [2.75, 3.05) is 17.2 Å². The van der Waals surface area contributed by atoms with Crippen molar-refractivity contribution < 1.29 is 39.0 Å². The van der Waals surface area contributed by atoms with Crippen LogP contribution in [0.2, 0.25) is 0 Å². The highest BCUT2D eigenvalue weighted by molar-refractivity contribution is 8.01. The lowest BCUT2D eigenvalue weighted by molar-refractivity contribution is -0.150. The first-order chi connectivity index (χ1) is 21.7. The van der Waals surface area contributed by atoms with Gasteiger partial charge in [0.15, 0.2) is 16.5 Å². The van der Waals surface area contributed by atoms with Crippen LogP contribution in [0.3, 0.4) is 0 Å². The van der Waals surface area contributed by atoms with Gasteiger partial charge in [0, 0.05) is 22.6 Å². The number of nitrogens with zero attached hydrogens (tertiary/aromatic N) is 6. The third kappa shape index (κ3) is 6.08. The second kappa shape index (κ2) is 12.6. The Balaban J connectivity index is 1.35. The Labute approximate surface area is 271 Å². The molecule has 3 amide bonds. The number of anilines is 1. The largest absolute Gasteiger partial charge is 0.477 e. The van der Waals surface area contributed by atoms with Crippen LogP contribution >= 0.6 is 34.9 Å². The van der Waals surface area contributed by atoms with E-state index >= 15 is 0 Å². The normalized spacial score (nSPS) is 18.2. The van der Waals surface area contributed by atoms with E-state index in [0.29, 0.717) is 16.3 Å². The topological polar surface area (TPSA) is 270 Å². The number of aromatic carboxylic acids is 1. The monoisotopic (exact) mass is 690 g/mol. The van der Waals surface area contributed by atoms with Gasteiger partial charge in [-0.2, -0.15) is 5.10 Å². The summed E-state index contributed by atoms with van der Waals surface area (Å²) in [5, 5.41) is 31.4. The quantitative estimate of drug-likeness (QED) is 0.0289. The van der Waals surface area contributed by atoms with Gasteiger partial charge in [0.2, 0.25) is 5.60 Å². The zero-order chi connectivity index (χ0) is 33.5. The predicted molar refractivity (Wildman–Crippen MR) is 166 cm³/mol. The average Bonchev–Trinajstić information content (AvgIpc) is 3.63. The Morgan fingerprint density at radius 1 is 1.24 bits per heavy atom. The molecule has 0 saturated carbocycles. The Hall–Kier alpha value is -4.73. The van der Waals surface area contributed by atoms with Crippen LogP contribution in [-0.2, 0) is 24.0 Å². The third-order valence-electron chi connectivity index (χ3n) is 6.75. The van der Waals surface area contributed by atoms with E-state index in [9.17, 15) is 34.2 Å². The van der Waals surface area contributed by atoms with Crippen molar-refractivity contribution in [3.05, 3.63) is 45.9 Å². The standard InChI is InChI=1S/C25H26N10O8S3/c1-9-4-13(35-17(29-9)11(5-28-35)21(38)39)44-6-10-7-45-20-15(19(37)34(20)16(10)22(40)41)31-18(36)14(12-8-46-24(26)30-12)33-43-25(2,3)23(42)32-27/h4-5,8,15,20H,6-7,27H2,1-3H3,(H2,26,30)(H,31,36)(H,32,42)(H,38,39)(H,40,41)/t15?,20-/m1/s1. The Morgan fingerprint density at radius 3 is 2.61 bits per heavy atom. The third-order valence-corrected chi connectivity index (χ3v) is 9.84. The molecule has 21 heteroatoms. The first kappa shape index (κ1) is 32.7. The number of carboxylic acid groups (broad SMARTS) is 2. The summed E-state index contributed by atoms with van der Waals surface area (Å²) in [6, 6.07) is 0.585. The number of thiazole rings is 1. The maximum absolute atomic E-state index is 13.4. The fraction of sp³-hybridized carbons (Fsp3) is 0.320. The molecule has 1 saturated heterocycles. The fourth-order valence-electron chi connectivity index (χ4n) is 4.44. The zero-order valence-corrected chi connectivity index (χ0v) is 26.7. The lowest BCUT2D eigenvalue weighted by Crippen LogP contribution is -2.71. The SMILES string of the molecule is Cc1cc(SCC2=C(C(=O)O)N3C(=O)C(NC(=O)C(=NOC(C)(C)C(=O)NN)c4csc(N)n4)[C@H]3SC2)n2ncc(C(=O)O)c2n1. The Morgan fingerprint density at radius 2 is 1.98 bits per heavy atom. The molecule has 1 unspecified atom stereocenters. The second-order valence-electron chi connectivity index (χ2n) is 10.3. The molecule has 2 atom stereocenters. The molecule has 0 radical (unpaired) electrons. The minimum atomic E-state index is -1.57. The van der Waals surface area contributed by atoms with Gasteiger partial charge < -0.3 is 26.1 Å². The molecular weight excluding hydrogens is 665 g/mol. The number of rotatable bonds is 11. The van der Waals surface area contributed by atoms with Gasteiger partial charge in [-0.25, -0.2) is 29.9 Å². The molecule has 1 fully saturated rings. The van der Waals surface area contributed by atoms with Crippen LogP contribution in [0, 0.1) is 6.92 Å². The number of aromatic nitrogens is 4. The van der Waals surface area contributed by atoms with Gasteiger partial charge in [0.05, 0.1) is 6.20 Å². The molecule has 0 aliphatic carbocycles. The number of hydrazine groups is 1. The molecule has 18 nitrogen and oxygen atoms in total. The summed E-state index contributed by atoms with van der Waals surface area (Å²) in [7, 11) is 0. The van der Waals surface area contributed by atoms with E-state index in [2.05, 4.69) is 25.5 Å². The lowest BCUT2D eigenvalue weighted by Gasteiger charge is -2.49.